The molecule has 6 atom stereocenters. The Hall–Kier alpha value is -4.46. The fourth-order valence-electron chi connectivity index (χ4n) is 7.35. The molecule has 0 heterocycles. The number of rotatable bonds is 15. The molecule has 4 aromatic rings. The highest BCUT2D eigenvalue weighted by Crippen LogP contribution is 2.49. The Morgan fingerprint density at radius 2 is 1.29 bits per heavy atom. The number of ether oxygens (including phenoxy) is 2. The van der Waals surface area contributed by atoms with Crippen LogP contribution in [0, 0.1) is 6.92 Å². The summed E-state index contributed by atoms with van der Waals surface area (Å²) in [5.41, 5.74) is 21.6. The van der Waals surface area contributed by atoms with Crippen molar-refractivity contribution in [3.05, 3.63) is 136 Å². The normalized spacial score (nSPS) is 19.4. The van der Waals surface area contributed by atoms with Crippen molar-refractivity contribution in [2.75, 3.05) is 11.9 Å². The van der Waals surface area contributed by atoms with E-state index in [2.05, 4.69) is 70.3 Å². The van der Waals surface area contributed by atoms with Crippen LogP contribution in [0.3, 0.4) is 0 Å². The third kappa shape index (κ3) is 8.71. The van der Waals surface area contributed by atoms with Crippen LogP contribution in [0.25, 0.3) is 0 Å². The van der Waals surface area contributed by atoms with E-state index in [0.717, 1.165) is 84.1 Å². The van der Waals surface area contributed by atoms with E-state index in [1.54, 1.807) is 24.3 Å². The van der Waals surface area contributed by atoms with E-state index in [-0.39, 0.29) is 18.0 Å². The van der Waals surface area contributed by atoms with Gasteiger partial charge in [-0.3, -0.25) is 0 Å². The quantitative estimate of drug-likeness (QED) is 0.0841. The zero-order valence-corrected chi connectivity index (χ0v) is 30.9. The minimum Gasteiger partial charge on any atom is -0.454 e. The summed E-state index contributed by atoms with van der Waals surface area (Å²) in [6.07, 6.45) is 4.00. The summed E-state index contributed by atoms with van der Waals surface area (Å²) in [6.45, 7) is 11.4. The lowest BCUT2D eigenvalue weighted by molar-refractivity contribution is -0.0532. The van der Waals surface area contributed by atoms with Gasteiger partial charge in [-0.1, -0.05) is 108 Å². The van der Waals surface area contributed by atoms with E-state index >= 15 is 0 Å². The van der Waals surface area contributed by atoms with Gasteiger partial charge in [0.15, 0.2) is 6.10 Å². The van der Waals surface area contributed by atoms with Crippen molar-refractivity contribution < 1.29 is 19.1 Å². The molecule has 1 aliphatic rings. The standard InChI is InChI=1S/C44H55N3O4/c1-6-9-24-47-39-27-34-29(5)41(50-43(48)30-18-12-10-13-19-30)42(51-44(49)31-20-14-11-15-21-31)40(35(34)26-36(39)38(46)17-8-3)33-25-32(23-22-28(33)4)37(45)16-7-2/h10-15,18-23,25-27,29,37-38,40-42,47H,6-9,16-17,24,45-46H2,1-5H3. The Morgan fingerprint density at radius 1 is 0.706 bits per heavy atom. The number of hydrogen-bond acceptors (Lipinski definition) is 7. The highest BCUT2D eigenvalue weighted by molar-refractivity contribution is 5.90. The number of anilines is 1. The van der Waals surface area contributed by atoms with E-state index < -0.39 is 30.1 Å². The summed E-state index contributed by atoms with van der Waals surface area (Å²) in [6, 6.07) is 28.4. The number of esters is 2. The highest BCUT2D eigenvalue weighted by atomic mass is 16.6. The second kappa shape index (κ2) is 17.7. The average molecular weight is 690 g/mol. The van der Waals surface area contributed by atoms with Gasteiger partial charge in [0.1, 0.15) is 6.10 Å². The van der Waals surface area contributed by atoms with Crippen molar-refractivity contribution in [3.8, 4) is 0 Å². The molecule has 5 N–H and O–H groups in total. The number of nitrogens with two attached hydrogens (primary N) is 2. The second-order valence-corrected chi connectivity index (χ2v) is 14.0. The molecule has 0 radical (unpaired) electrons. The number of unbranched alkanes of at least 4 members (excludes halogenated alkanes) is 1. The van der Waals surface area contributed by atoms with Crippen LogP contribution in [0.15, 0.2) is 91.0 Å². The smallest absolute Gasteiger partial charge is 0.338 e. The third-order valence-corrected chi connectivity index (χ3v) is 10.2. The first-order valence-electron chi connectivity index (χ1n) is 18.7. The Labute approximate surface area is 304 Å². The molecule has 6 unspecified atom stereocenters. The zero-order valence-electron chi connectivity index (χ0n) is 30.9. The highest BCUT2D eigenvalue weighted by Gasteiger charge is 2.47. The minimum absolute atomic E-state index is 0.146. The first-order chi connectivity index (χ1) is 24.7. The molecular formula is C44H55N3O4. The number of aryl methyl sites for hydroxylation is 1. The van der Waals surface area contributed by atoms with Gasteiger partial charge in [0.2, 0.25) is 0 Å². The monoisotopic (exact) mass is 689 g/mol. The van der Waals surface area contributed by atoms with Gasteiger partial charge in [-0.25, -0.2) is 9.59 Å². The van der Waals surface area contributed by atoms with Gasteiger partial charge in [0, 0.05) is 30.2 Å². The lowest BCUT2D eigenvalue weighted by Gasteiger charge is -2.43. The first-order valence-corrected chi connectivity index (χ1v) is 18.7. The first kappa shape index (κ1) is 37.8. The number of nitrogens with one attached hydrogen (secondary N) is 1. The molecule has 0 aliphatic heterocycles. The predicted molar refractivity (Wildman–Crippen MR) is 206 cm³/mol. The SMILES string of the molecule is CCCCNc1cc2c(cc1C(N)CCC)C(c1cc(C(N)CCC)ccc1C)C(OC(=O)c1ccccc1)C(OC(=O)c1ccccc1)C2C. The maximum absolute atomic E-state index is 14.0. The molecule has 7 nitrogen and oxygen atoms in total. The lowest BCUT2D eigenvalue weighted by atomic mass is 9.69. The van der Waals surface area contributed by atoms with Crippen molar-refractivity contribution in [2.24, 2.45) is 11.5 Å². The molecule has 5 rings (SSSR count). The summed E-state index contributed by atoms with van der Waals surface area (Å²) < 4.78 is 13.1. The van der Waals surface area contributed by atoms with Gasteiger partial charge in [0.25, 0.3) is 0 Å². The Balaban J connectivity index is 1.76. The number of carbonyl (C=O) groups excluding carboxylic acids is 2. The van der Waals surface area contributed by atoms with Gasteiger partial charge in [-0.05, 0) is 89.9 Å². The maximum atomic E-state index is 14.0. The van der Waals surface area contributed by atoms with Gasteiger partial charge in [-0.2, -0.15) is 0 Å². The fourth-order valence-corrected chi connectivity index (χ4v) is 7.35. The van der Waals surface area contributed by atoms with Crippen molar-refractivity contribution in [3.63, 3.8) is 0 Å². The molecule has 0 saturated heterocycles. The molecule has 1 aliphatic carbocycles. The summed E-state index contributed by atoms with van der Waals surface area (Å²) in [5.74, 6) is -1.72. The van der Waals surface area contributed by atoms with Crippen molar-refractivity contribution in [1.29, 1.82) is 0 Å². The molecule has 0 amide bonds. The Kier molecular flexibility index (Phi) is 13.1. The summed E-state index contributed by atoms with van der Waals surface area (Å²) in [7, 11) is 0. The van der Waals surface area contributed by atoms with E-state index in [1.165, 1.54) is 0 Å². The van der Waals surface area contributed by atoms with Gasteiger partial charge >= 0.3 is 11.9 Å². The molecule has 4 aromatic carbocycles. The van der Waals surface area contributed by atoms with Gasteiger partial charge in [-0.15, -0.1) is 0 Å². The van der Waals surface area contributed by atoms with Crippen LogP contribution in [0.2, 0.25) is 0 Å². The van der Waals surface area contributed by atoms with Crippen LogP contribution < -0.4 is 16.8 Å². The molecule has 0 saturated carbocycles. The Bertz CT molecular complexity index is 1760. The van der Waals surface area contributed by atoms with E-state index in [1.807, 2.05) is 36.4 Å². The van der Waals surface area contributed by atoms with Crippen molar-refractivity contribution >= 4 is 17.6 Å². The summed E-state index contributed by atoms with van der Waals surface area (Å²) >= 11 is 0. The van der Waals surface area contributed by atoms with E-state index in [9.17, 15) is 9.59 Å². The van der Waals surface area contributed by atoms with Crippen LogP contribution in [0.5, 0.6) is 0 Å². The molecule has 0 fully saturated rings. The zero-order chi connectivity index (χ0) is 36.5. The molecule has 0 aromatic heterocycles. The number of fused-ring (bicyclic) bond motifs is 1. The van der Waals surface area contributed by atoms with Crippen LogP contribution in [-0.4, -0.2) is 30.7 Å². The van der Waals surface area contributed by atoms with E-state index in [4.69, 9.17) is 20.9 Å². The fraction of sp³-hybridized carbons (Fsp3) is 0.409. The average Bonchev–Trinajstić information content (AvgIpc) is 3.14. The minimum atomic E-state index is -0.849. The lowest BCUT2D eigenvalue weighted by Crippen LogP contribution is -2.47. The predicted octanol–water partition coefficient (Wildman–Crippen LogP) is 9.51. The van der Waals surface area contributed by atoms with Gasteiger partial charge < -0.3 is 26.3 Å². The summed E-state index contributed by atoms with van der Waals surface area (Å²) in [5, 5.41) is 3.68. The van der Waals surface area contributed by atoms with Crippen LogP contribution in [-0.2, 0) is 9.47 Å². The third-order valence-electron chi connectivity index (χ3n) is 10.2. The summed E-state index contributed by atoms with van der Waals surface area (Å²) in [4.78, 5) is 27.8. The molecule has 0 spiro atoms. The molecule has 270 valence electrons. The topological polar surface area (TPSA) is 117 Å². The Morgan fingerprint density at radius 3 is 1.88 bits per heavy atom. The van der Waals surface area contributed by atoms with Crippen LogP contribution in [0.1, 0.15) is 144 Å². The number of carbonyl (C=O) groups is 2. The second-order valence-electron chi connectivity index (χ2n) is 14.0. The largest absolute Gasteiger partial charge is 0.454 e. The number of hydrogen-bond donors (Lipinski definition) is 3. The van der Waals surface area contributed by atoms with E-state index in [0.29, 0.717) is 11.1 Å². The van der Waals surface area contributed by atoms with Crippen molar-refractivity contribution in [1.82, 2.24) is 0 Å². The molecule has 7 heteroatoms. The van der Waals surface area contributed by atoms with Gasteiger partial charge in [0.05, 0.1) is 17.0 Å². The van der Waals surface area contributed by atoms with Crippen molar-refractivity contribution in [2.45, 2.75) is 109 Å². The molecule has 0 bridgehead atoms. The van der Waals surface area contributed by atoms with Crippen LogP contribution in [0.4, 0.5) is 5.69 Å². The van der Waals surface area contributed by atoms with Crippen LogP contribution >= 0.6 is 0 Å². The maximum Gasteiger partial charge on any atom is 0.338 e. The molecule has 51 heavy (non-hydrogen) atoms. The number of benzene rings is 4. The molecular weight excluding hydrogens is 635 g/mol.